The largest absolute Gasteiger partial charge is 0.497 e. The standard InChI is InChI=1S/C30H37N5O4S/c1-37-20-24-18-28(35-15-13-34(14-16-35)25-9-11-26(38-2)12-10-25)33-30(32-24)40-21-22-5-7-23(8-6-22)29(36)31-19-27-4-3-17-39-27/h5-12,18,27H,3-4,13-17,19-21H2,1-2H3,(H,31,36)/t27-/m1/s1. The van der Waals surface area contributed by atoms with E-state index in [0.717, 1.165) is 73.6 Å². The average molecular weight is 564 g/mol. The number of nitrogens with one attached hydrogen (secondary N) is 1. The van der Waals surface area contributed by atoms with Crippen molar-refractivity contribution in [2.75, 3.05) is 63.4 Å². The van der Waals surface area contributed by atoms with Crippen LogP contribution >= 0.6 is 11.8 Å². The highest BCUT2D eigenvalue weighted by Gasteiger charge is 2.20. The van der Waals surface area contributed by atoms with E-state index in [-0.39, 0.29) is 12.0 Å². The summed E-state index contributed by atoms with van der Waals surface area (Å²) in [6.07, 6.45) is 2.20. The van der Waals surface area contributed by atoms with Gasteiger partial charge in [-0.1, -0.05) is 23.9 Å². The van der Waals surface area contributed by atoms with Gasteiger partial charge in [0.05, 0.1) is 25.5 Å². The number of hydrogen-bond acceptors (Lipinski definition) is 9. The first-order valence-electron chi connectivity index (χ1n) is 13.7. The van der Waals surface area contributed by atoms with Crippen LogP contribution in [0.1, 0.15) is 34.5 Å². The van der Waals surface area contributed by atoms with Crippen LogP contribution in [0, 0.1) is 0 Å². The Labute approximate surface area is 240 Å². The zero-order chi connectivity index (χ0) is 27.7. The van der Waals surface area contributed by atoms with Gasteiger partial charge in [-0.15, -0.1) is 0 Å². The van der Waals surface area contributed by atoms with Crippen molar-refractivity contribution in [3.63, 3.8) is 0 Å². The molecule has 3 heterocycles. The molecule has 3 aromatic rings. The Hall–Kier alpha value is -3.34. The van der Waals surface area contributed by atoms with Crippen molar-refractivity contribution in [3.05, 3.63) is 71.4 Å². The number of carbonyl (C=O) groups excluding carboxylic acids is 1. The van der Waals surface area contributed by atoms with Gasteiger partial charge in [0.25, 0.3) is 5.91 Å². The third kappa shape index (κ3) is 7.44. The predicted octanol–water partition coefficient (Wildman–Crippen LogP) is 4.16. The molecule has 0 aliphatic carbocycles. The number of thioether (sulfide) groups is 1. The first-order chi connectivity index (χ1) is 19.6. The normalized spacial score (nSPS) is 17.2. The van der Waals surface area contributed by atoms with Crippen molar-refractivity contribution >= 4 is 29.2 Å². The van der Waals surface area contributed by atoms with E-state index in [1.165, 1.54) is 5.69 Å². The van der Waals surface area contributed by atoms with Crippen molar-refractivity contribution in [1.82, 2.24) is 15.3 Å². The smallest absolute Gasteiger partial charge is 0.251 e. The van der Waals surface area contributed by atoms with Gasteiger partial charge in [0, 0.05) is 69.5 Å². The summed E-state index contributed by atoms with van der Waals surface area (Å²) < 4.78 is 16.3. The van der Waals surface area contributed by atoms with Crippen LogP contribution in [-0.2, 0) is 21.8 Å². The molecule has 2 aliphatic rings. The van der Waals surface area contributed by atoms with E-state index in [9.17, 15) is 4.79 Å². The fourth-order valence-corrected chi connectivity index (χ4v) is 5.74. The van der Waals surface area contributed by atoms with Gasteiger partial charge in [-0.25, -0.2) is 9.97 Å². The maximum Gasteiger partial charge on any atom is 0.251 e. The molecule has 2 aliphatic heterocycles. The molecular weight excluding hydrogens is 526 g/mol. The number of anilines is 2. The fraction of sp³-hybridized carbons (Fsp3) is 0.433. The van der Waals surface area contributed by atoms with Crippen molar-refractivity contribution in [1.29, 1.82) is 0 Å². The molecule has 1 amide bonds. The summed E-state index contributed by atoms with van der Waals surface area (Å²) in [5.74, 6) is 2.43. The van der Waals surface area contributed by atoms with E-state index in [4.69, 9.17) is 24.2 Å². The lowest BCUT2D eigenvalue weighted by Gasteiger charge is -2.37. The topological polar surface area (TPSA) is 89.0 Å². The predicted molar refractivity (Wildman–Crippen MR) is 157 cm³/mol. The highest BCUT2D eigenvalue weighted by molar-refractivity contribution is 7.98. The Kier molecular flexibility index (Phi) is 9.75. The first kappa shape index (κ1) is 28.2. The summed E-state index contributed by atoms with van der Waals surface area (Å²) in [6, 6.07) is 18.0. The second kappa shape index (κ2) is 13.8. The third-order valence-electron chi connectivity index (χ3n) is 7.18. The summed E-state index contributed by atoms with van der Waals surface area (Å²) in [5, 5.41) is 3.70. The molecule has 2 saturated heterocycles. The SMILES string of the molecule is COCc1cc(N2CCN(c3ccc(OC)cc3)CC2)nc(SCc2ccc(C(=O)NC[C@H]3CCCO3)cc2)n1. The van der Waals surface area contributed by atoms with E-state index in [1.807, 2.05) is 42.5 Å². The molecule has 0 unspecified atom stereocenters. The minimum absolute atomic E-state index is 0.0676. The number of carbonyl (C=O) groups is 1. The lowest BCUT2D eigenvalue weighted by atomic mass is 10.1. The number of ether oxygens (including phenoxy) is 3. The molecule has 0 radical (unpaired) electrons. The van der Waals surface area contributed by atoms with Gasteiger partial charge in [0.1, 0.15) is 11.6 Å². The number of rotatable bonds is 11. The number of piperazine rings is 1. The lowest BCUT2D eigenvalue weighted by molar-refractivity contribution is 0.0858. The Balaban J connectivity index is 1.17. The van der Waals surface area contributed by atoms with Gasteiger partial charge < -0.3 is 29.3 Å². The molecule has 0 bridgehead atoms. The molecule has 2 aromatic carbocycles. The summed E-state index contributed by atoms with van der Waals surface area (Å²) in [4.78, 5) is 26.8. The van der Waals surface area contributed by atoms with E-state index in [0.29, 0.717) is 24.5 Å². The van der Waals surface area contributed by atoms with Crippen LogP contribution in [0.5, 0.6) is 5.75 Å². The summed E-state index contributed by atoms with van der Waals surface area (Å²) >= 11 is 1.59. The Bertz CT molecular complexity index is 1240. The van der Waals surface area contributed by atoms with Crippen LogP contribution in [0.3, 0.4) is 0 Å². The van der Waals surface area contributed by atoms with E-state index >= 15 is 0 Å². The molecule has 0 saturated carbocycles. The molecule has 5 rings (SSSR count). The van der Waals surface area contributed by atoms with Crippen LogP contribution in [0.2, 0.25) is 0 Å². The summed E-state index contributed by atoms with van der Waals surface area (Å²) in [5.41, 5.74) is 3.83. The van der Waals surface area contributed by atoms with Gasteiger partial charge in [-0.05, 0) is 54.8 Å². The van der Waals surface area contributed by atoms with Crippen molar-refractivity contribution < 1.29 is 19.0 Å². The maximum atomic E-state index is 12.5. The van der Waals surface area contributed by atoms with E-state index in [1.54, 1.807) is 26.0 Å². The second-order valence-electron chi connectivity index (χ2n) is 9.94. The Morgan fingerprint density at radius 3 is 2.45 bits per heavy atom. The van der Waals surface area contributed by atoms with Crippen LogP contribution in [0.4, 0.5) is 11.5 Å². The second-order valence-corrected chi connectivity index (χ2v) is 10.9. The van der Waals surface area contributed by atoms with Crippen LogP contribution < -0.4 is 19.9 Å². The molecule has 9 nitrogen and oxygen atoms in total. The van der Waals surface area contributed by atoms with Crippen molar-refractivity contribution in [2.24, 2.45) is 0 Å². The average Bonchev–Trinajstić information content (AvgIpc) is 3.53. The van der Waals surface area contributed by atoms with Crippen molar-refractivity contribution in [2.45, 2.75) is 36.5 Å². The molecule has 40 heavy (non-hydrogen) atoms. The molecule has 0 spiro atoms. The molecule has 10 heteroatoms. The van der Waals surface area contributed by atoms with Gasteiger partial charge >= 0.3 is 0 Å². The quantitative estimate of drug-likeness (QED) is 0.273. The van der Waals surface area contributed by atoms with Gasteiger partial charge in [0.15, 0.2) is 5.16 Å². The van der Waals surface area contributed by atoms with Gasteiger partial charge in [-0.3, -0.25) is 4.79 Å². The molecular formula is C30H37N5O4S. The Morgan fingerprint density at radius 2 is 1.77 bits per heavy atom. The zero-order valence-corrected chi connectivity index (χ0v) is 24.0. The number of nitrogens with zero attached hydrogens (tertiary/aromatic N) is 4. The molecule has 1 N–H and O–H groups in total. The number of methoxy groups -OCH3 is 2. The maximum absolute atomic E-state index is 12.5. The Morgan fingerprint density at radius 1 is 1.02 bits per heavy atom. The molecule has 212 valence electrons. The molecule has 1 aromatic heterocycles. The number of benzene rings is 2. The van der Waals surface area contributed by atoms with Gasteiger partial charge in [0.2, 0.25) is 0 Å². The van der Waals surface area contributed by atoms with Crippen LogP contribution in [0.25, 0.3) is 0 Å². The molecule has 1 atom stereocenters. The van der Waals surface area contributed by atoms with E-state index < -0.39 is 0 Å². The lowest BCUT2D eigenvalue weighted by Crippen LogP contribution is -2.46. The van der Waals surface area contributed by atoms with Crippen LogP contribution in [0.15, 0.2) is 59.8 Å². The van der Waals surface area contributed by atoms with Crippen LogP contribution in [-0.4, -0.2) is 75.5 Å². The first-order valence-corrected chi connectivity index (χ1v) is 14.7. The minimum Gasteiger partial charge on any atom is -0.497 e. The number of hydrogen-bond donors (Lipinski definition) is 1. The van der Waals surface area contributed by atoms with E-state index in [2.05, 4.69) is 27.2 Å². The van der Waals surface area contributed by atoms with Crippen molar-refractivity contribution in [3.8, 4) is 5.75 Å². The summed E-state index contributed by atoms with van der Waals surface area (Å²) in [6.45, 7) is 5.34. The van der Waals surface area contributed by atoms with Gasteiger partial charge in [-0.2, -0.15) is 0 Å². The molecule has 2 fully saturated rings. The minimum atomic E-state index is -0.0676. The monoisotopic (exact) mass is 563 g/mol. The zero-order valence-electron chi connectivity index (χ0n) is 23.2. The highest BCUT2D eigenvalue weighted by Crippen LogP contribution is 2.26. The number of aromatic nitrogens is 2. The summed E-state index contributed by atoms with van der Waals surface area (Å²) in [7, 11) is 3.37. The third-order valence-corrected chi connectivity index (χ3v) is 8.10. The fourth-order valence-electron chi connectivity index (χ4n) is 4.91. The number of amides is 1. The highest BCUT2D eigenvalue weighted by atomic mass is 32.2.